The molecular weight excluding hydrogens is 346 g/mol. The van der Waals surface area contributed by atoms with Crippen molar-refractivity contribution in [1.82, 2.24) is 9.55 Å². The van der Waals surface area contributed by atoms with E-state index in [1.807, 2.05) is 6.07 Å². The Morgan fingerprint density at radius 2 is 1.85 bits per heavy atom. The summed E-state index contributed by atoms with van der Waals surface area (Å²) >= 11 is 0. The first kappa shape index (κ1) is 19.4. The summed E-state index contributed by atoms with van der Waals surface area (Å²) in [6.45, 7) is 3.49. The zero-order valence-corrected chi connectivity index (χ0v) is 14.6. The summed E-state index contributed by atoms with van der Waals surface area (Å²) in [6, 6.07) is 1.98. The molecule has 0 amide bonds. The van der Waals surface area contributed by atoms with Crippen LogP contribution in [0.4, 0.5) is 0 Å². The van der Waals surface area contributed by atoms with Gasteiger partial charge in [-0.3, -0.25) is 14.4 Å². The summed E-state index contributed by atoms with van der Waals surface area (Å²) in [5.74, 6) is -1.71. The van der Waals surface area contributed by atoms with Crippen LogP contribution in [0.5, 0.6) is 0 Å². The molecule has 10 nitrogen and oxygen atoms in total. The van der Waals surface area contributed by atoms with Gasteiger partial charge >= 0.3 is 17.9 Å². The van der Waals surface area contributed by atoms with Gasteiger partial charge < -0.3 is 23.5 Å². The zero-order valence-electron chi connectivity index (χ0n) is 14.6. The molecule has 1 aliphatic heterocycles. The second-order valence-electron chi connectivity index (χ2n) is 5.66. The van der Waals surface area contributed by atoms with E-state index in [1.54, 1.807) is 6.20 Å². The number of nitriles is 1. The molecule has 0 bridgehead atoms. The molecule has 2 rings (SSSR count). The number of rotatable bonds is 6. The summed E-state index contributed by atoms with van der Waals surface area (Å²) in [7, 11) is 0. The van der Waals surface area contributed by atoms with Crippen molar-refractivity contribution in [1.29, 1.82) is 5.26 Å². The molecular formula is C16H19N3O7. The Bertz CT molecular complexity index is 724. The summed E-state index contributed by atoms with van der Waals surface area (Å²) in [5.41, 5.74) is 0.505. The third-order valence-electron chi connectivity index (χ3n) is 3.55. The van der Waals surface area contributed by atoms with Crippen molar-refractivity contribution in [2.45, 2.75) is 51.7 Å². The number of carbonyl (C=O) groups excluding carboxylic acids is 3. The molecule has 0 spiro atoms. The van der Waals surface area contributed by atoms with Crippen molar-refractivity contribution >= 4 is 17.9 Å². The van der Waals surface area contributed by atoms with E-state index < -0.39 is 42.4 Å². The molecule has 4 atom stereocenters. The third kappa shape index (κ3) is 4.80. The average molecular weight is 365 g/mol. The van der Waals surface area contributed by atoms with Gasteiger partial charge in [0.25, 0.3) is 0 Å². The molecule has 1 aliphatic rings. The second kappa shape index (κ2) is 8.44. The van der Waals surface area contributed by atoms with E-state index >= 15 is 0 Å². The molecule has 1 aromatic rings. The van der Waals surface area contributed by atoms with E-state index in [9.17, 15) is 14.4 Å². The normalized spacial score (nSPS) is 24.5. The molecule has 0 aromatic carbocycles. The lowest BCUT2D eigenvalue weighted by Crippen LogP contribution is -2.40. The van der Waals surface area contributed by atoms with Gasteiger partial charge in [-0.25, -0.2) is 4.98 Å². The number of carbonyl (C=O) groups is 3. The predicted octanol–water partition coefficient (Wildman–Crippen LogP) is 0.273. The maximum Gasteiger partial charge on any atom is 0.303 e. The fraction of sp³-hybridized carbons (Fsp3) is 0.562. The minimum atomic E-state index is -0.971. The van der Waals surface area contributed by atoms with Gasteiger partial charge in [-0.2, -0.15) is 5.26 Å². The highest BCUT2D eigenvalue weighted by molar-refractivity contribution is 5.67. The minimum Gasteiger partial charge on any atom is -0.463 e. The Balaban J connectivity index is 2.30. The molecule has 1 aromatic heterocycles. The summed E-state index contributed by atoms with van der Waals surface area (Å²) in [5, 5.41) is 8.76. The molecule has 1 fully saturated rings. The minimum absolute atomic E-state index is 0.0994. The topological polar surface area (TPSA) is 130 Å². The number of esters is 3. The number of ether oxygens (including phenoxy) is 4. The Morgan fingerprint density at radius 3 is 2.42 bits per heavy atom. The quantitative estimate of drug-likeness (QED) is 0.515. The van der Waals surface area contributed by atoms with Gasteiger partial charge in [0.05, 0.1) is 24.5 Å². The van der Waals surface area contributed by atoms with Gasteiger partial charge in [0.2, 0.25) is 0 Å². The van der Waals surface area contributed by atoms with Crippen LogP contribution >= 0.6 is 0 Å². The Kier molecular flexibility index (Phi) is 6.30. The first-order chi connectivity index (χ1) is 12.3. The maximum atomic E-state index is 11.5. The lowest BCUT2D eigenvalue weighted by Gasteiger charge is -2.23. The third-order valence-corrected chi connectivity index (χ3v) is 3.55. The van der Waals surface area contributed by atoms with Gasteiger partial charge in [0.1, 0.15) is 12.7 Å². The van der Waals surface area contributed by atoms with Crippen LogP contribution in [0.15, 0.2) is 12.5 Å². The Labute approximate surface area is 149 Å². The van der Waals surface area contributed by atoms with E-state index in [2.05, 4.69) is 4.98 Å². The second-order valence-corrected chi connectivity index (χ2v) is 5.66. The Morgan fingerprint density at radius 1 is 1.19 bits per heavy atom. The monoisotopic (exact) mass is 365 g/mol. The highest BCUT2D eigenvalue weighted by Gasteiger charge is 2.50. The van der Waals surface area contributed by atoms with Crippen LogP contribution in [0, 0.1) is 11.3 Å². The molecule has 0 saturated carbocycles. The standard InChI is InChI=1S/C16H19N3O7/c1-9(20)23-7-13-14(24-10(2)21)15(25-11(3)22)16(26-13)19-6-12(4-5-17)18-8-19/h6,8,13-16H,4,7H2,1-3H3/t13-,14-,15-,16-/m1/s1. The molecule has 0 unspecified atom stereocenters. The molecule has 2 heterocycles. The van der Waals surface area contributed by atoms with Crippen LogP contribution in [0.3, 0.4) is 0 Å². The highest BCUT2D eigenvalue weighted by Crippen LogP contribution is 2.34. The van der Waals surface area contributed by atoms with Crippen LogP contribution in [-0.4, -0.2) is 52.4 Å². The first-order valence-electron chi connectivity index (χ1n) is 7.84. The molecule has 0 radical (unpaired) electrons. The lowest BCUT2D eigenvalue weighted by molar-refractivity contribution is -0.166. The van der Waals surface area contributed by atoms with Crippen molar-refractivity contribution in [3.05, 3.63) is 18.2 Å². The van der Waals surface area contributed by atoms with Crippen LogP contribution in [0.1, 0.15) is 32.7 Å². The highest BCUT2D eigenvalue weighted by atomic mass is 16.7. The van der Waals surface area contributed by atoms with E-state index in [0.29, 0.717) is 5.69 Å². The van der Waals surface area contributed by atoms with Gasteiger partial charge in [-0.15, -0.1) is 0 Å². The lowest BCUT2D eigenvalue weighted by atomic mass is 10.1. The van der Waals surface area contributed by atoms with Crippen LogP contribution in [0.2, 0.25) is 0 Å². The summed E-state index contributed by atoms with van der Waals surface area (Å²) in [4.78, 5) is 38.2. The number of hydrogen-bond acceptors (Lipinski definition) is 9. The number of aromatic nitrogens is 2. The zero-order chi connectivity index (χ0) is 19.3. The molecule has 1 saturated heterocycles. The fourth-order valence-electron chi connectivity index (χ4n) is 2.62. The van der Waals surface area contributed by atoms with Crippen molar-refractivity contribution in [3.63, 3.8) is 0 Å². The average Bonchev–Trinajstić information content (AvgIpc) is 3.11. The van der Waals surface area contributed by atoms with Crippen molar-refractivity contribution < 1.29 is 33.3 Å². The van der Waals surface area contributed by atoms with E-state index in [1.165, 1.54) is 31.7 Å². The van der Waals surface area contributed by atoms with E-state index in [0.717, 1.165) is 0 Å². The van der Waals surface area contributed by atoms with Crippen molar-refractivity contribution in [2.24, 2.45) is 0 Å². The van der Waals surface area contributed by atoms with Gasteiger partial charge in [0, 0.05) is 27.0 Å². The molecule has 0 aliphatic carbocycles. The number of hydrogen-bond donors (Lipinski definition) is 0. The van der Waals surface area contributed by atoms with Crippen LogP contribution in [0.25, 0.3) is 0 Å². The van der Waals surface area contributed by atoms with Crippen molar-refractivity contribution in [2.75, 3.05) is 6.61 Å². The Hall–Kier alpha value is -2.93. The molecule has 140 valence electrons. The fourth-order valence-corrected chi connectivity index (χ4v) is 2.62. The first-order valence-corrected chi connectivity index (χ1v) is 7.84. The molecule has 10 heteroatoms. The van der Waals surface area contributed by atoms with Crippen LogP contribution < -0.4 is 0 Å². The van der Waals surface area contributed by atoms with Gasteiger partial charge in [0.15, 0.2) is 18.4 Å². The predicted molar refractivity (Wildman–Crippen MR) is 83.2 cm³/mol. The summed E-state index contributed by atoms with van der Waals surface area (Å²) < 4.78 is 22.9. The number of nitrogens with zero attached hydrogens (tertiary/aromatic N) is 3. The largest absolute Gasteiger partial charge is 0.463 e. The summed E-state index contributed by atoms with van der Waals surface area (Å²) in [6.07, 6.45) is -0.537. The van der Waals surface area contributed by atoms with Gasteiger partial charge in [-0.05, 0) is 0 Å². The number of imidazole rings is 1. The smallest absolute Gasteiger partial charge is 0.303 e. The van der Waals surface area contributed by atoms with Gasteiger partial charge in [-0.1, -0.05) is 0 Å². The maximum absolute atomic E-state index is 11.5. The molecule has 26 heavy (non-hydrogen) atoms. The SMILES string of the molecule is CC(=O)OC[C@H]1O[C@@H](n2cnc(CC#N)c2)[C@H](OC(C)=O)[C@@H]1OC(C)=O. The van der Waals surface area contributed by atoms with E-state index in [4.69, 9.17) is 24.2 Å². The van der Waals surface area contributed by atoms with E-state index in [-0.39, 0.29) is 13.0 Å². The molecule has 0 N–H and O–H groups in total. The van der Waals surface area contributed by atoms with Crippen LogP contribution in [-0.2, 0) is 39.8 Å². The van der Waals surface area contributed by atoms with Crippen molar-refractivity contribution in [3.8, 4) is 6.07 Å².